The van der Waals surface area contributed by atoms with Crippen LogP contribution in [0.2, 0.25) is 0 Å². The second-order valence-electron chi connectivity index (χ2n) is 9.33. The van der Waals surface area contributed by atoms with Crippen LogP contribution in [0, 0.1) is 0 Å². The van der Waals surface area contributed by atoms with Gasteiger partial charge >= 0.3 is 0 Å². The minimum atomic E-state index is -0.545. The fraction of sp³-hybridized carbons (Fsp3) is 0.114. The number of benzene rings is 4. The predicted octanol–water partition coefficient (Wildman–Crippen LogP) is 6.03. The van der Waals surface area contributed by atoms with Crippen molar-refractivity contribution in [1.82, 2.24) is 5.32 Å². The number of ketones is 1. The zero-order valence-electron chi connectivity index (χ0n) is 24.8. The number of carbonyl (C=O) groups excluding carboxylic acids is 3. The van der Waals surface area contributed by atoms with Crippen molar-refractivity contribution < 1.29 is 33.3 Å². The summed E-state index contributed by atoms with van der Waals surface area (Å²) in [6.45, 7) is 0. The Morgan fingerprint density at radius 2 is 1.34 bits per heavy atom. The molecule has 0 saturated carbocycles. The van der Waals surface area contributed by atoms with Gasteiger partial charge in [0.15, 0.2) is 17.3 Å². The van der Waals surface area contributed by atoms with Crippen LogP contribution < -0.4 is 29.6 Å². The van der Waals surface area contributed by atoms with E-state index in [0.29, 0.717) is 50.9 Å². The number of hydrogen-bond donors (Lipinski definition) is 2. The molecule has 0 aliphatic heterocycles. The maximum atomic E-state index is 13.3. The smallest absolute Gasteiger partial charge is 0.272 e. The largest absolute Gasteiger partial charge is 0.497 e. The lowest BCUT2D eigenvalue weighted by Crippen LogP contribution is -2.30. The molecular weight excluding hydrogens is 560 g/mol. The summed E-state index contributed by atoms with van der Waals surface area (Å²) in [4.78, 5) is 39.1. The summed E-state index contributed by atoms with van der Waals surface area (Å²) in [7, 11) is 6.13. The van der Waals surface area contributed by atoms with Crippen molar-refractivity contribution in [2.45, 2.75) is 0 Å². The van der Waals surface area contributed by atoms with Crippen molar-refractivity contribution in [3.8, 4) is 23.0 Å². The zero-order valence-corrected chi connectivity index (χ0v) is 24.8. The van der Waals surface area contributed by atoms with Gasteiger partial charge in [-0.05, 0) is 78.4 Å². The zero-order chi connectivity index (χ0) is 31.5. The lowest BCUT2D eigenvalue weighted by Gasteiger charge is -2.12. The second-order valence-corrected chi connectivity index (χ2v) is 9.33. The molecule has 0 unspecified atom stereocenters. The lowest BCUT2D eigenvalue weighted by molar-refractivity contribution is -0.113. The van der Waals surface area contributed by atoms with Crippen molar-refractivity contribution in [2.24, 2.45) is 0 Å². The molecule has 0 heterocycles. The van der Waals surface area contributed by atoms with Crippen molar-refractivity contribution >= 4 is 35.4 Å². The molecule has 0 saturated heterocycles. The first-order valence-corrected chi connectivity index (χ1v) is 13.5. The molecule has 0 aromatic heterocycles. The van der Waals surface area contributed by atoms with E-state index in [9.17, 15) is 14.4 Å². The second kappa shape index (κ2) is 14.9. The molecule has 224 valence electrons. The number of ether oxygens (including phenoxy) is 4. The average Bonchev–Trinajstić information content (AvgIpc) is 3.07. The highest BCUT2D eigenvalue weighted by molar-refractivity contribution is 6.11. The highest BCUT2D eigenvalue weighted by Gasteiger charge is 2.16. The molecule has 4 aromatic rings. The van der Waals surface area contributed by atoms with E-state index in [1.807, 2.05) is 0 Å². The number of carbonyl (C=O) groups is 3. The first-order valence-electron chi connectivity index (χ1n) is 13.5. The van der Waals surface area contributed by atoms with Crippen LogP contribution in [-0.2, 0) is 4.79 Å². The third-order valence-corrected chi connectivity index (χ3v) is 6.51. The van der Waals surface area contributed by atoms with Gasteiger partial charge in [-0.3, -0.25) is 14.4 Å². The molecule has 9 heteroatoms. The molecule has 2 N–H and O–H groups in total. The molecule has 9 nitrogen and oxygen atoms in total. The highest BCUT2D eigenvalue weighted by atomic mass is 16.5. The number of rotatable bonds is 12. The Morgan fingerprint density at radius 3 is 2.00 bits per heavy atom. The molecule has 0 bridgehead atoms. The standard InChI is InChI=1S/C35H32N2O7/c1-41-28-12-8-9-23(19-28)20-29(37-34(39)25-10-6-5-7-11-25)35(40)36-27-16-13-24(14-17-27)30(38)18-15-26-21-32(43-3)33(44-4)22-31(26)42-2/h5-22H,1-4H3,(H,36,40)(H,37,39)/b18-15+,29-20-. The Hall–Kier alpha value is -5.83. The number of methoxy groups -OCH3 is 4. The van der Waals surface area contributed by atoms with Gasteiger partial charge in [-0.15, -0.1) is 0 Å². The van der Waals surface area contributed by atoms with E-state index in [4.69, 9.17) is 18.9 Å². The van der Waals surface area contributed by atoms with Crippen LogP contribution in [0.15, 0.2) is 103 Å². The summed E-state index contributed by atoms with van der Waals surface area (Å²) in [5.41, 5.74) is 2.56. The van der Waals surface area contributed by atoms with Gasteiger partial charge in [-0.25, -0.2) is 0 Å². The van der Waals surface area contributed by atoms with Crippen LogP contribution >= 0.6 is 0 Å². The van der Waals surface area contributed by atoms with Gasteiger partial charge in [0.2, 0.25) is 0 Å². The van der Waals surface area contributed by atoms with Crippen molar-refractivity contribution in [2.75, 3.05) is 33.8 Å². The van der Waals surface area contributed by atoms with Gasteiger partial charge < -0.3 is 29.6 Å². The molecule has 0 fully saturated rings. The molecule has 0 atom stereocenters. The first-order chi connectivity index (χ1) is 21.3. The summed E-state index contributed by atoms with van der Waals surface area (Å²) >= 11 is 0. The Morgan fingerprint density at radius 1 is 0.659 bits per heavy atom. The Bertz CT molecular complexity index is 1690. The molecular formula is C35H32N2O7. The monoisotopic (exact) mass is 592 g/mol. The van der Waals surface area contributed by atoms with Gasteiger partial charge in [0, 0.05) is 28.4 Å². The summed E-state index contributed by atoms with van der Waals surface area (Å²) in [5.74, 6) is 0.888. The van der Waals surface area contributed by atoms with Gasteiger partial charge in [-0.2, -0.15) is 0 Å². The van der Waals surface area contributed by atoms with Crippen LogP contribution in [0.5, 0.6) is 23.0 Å². The third kappa shape index (κ3) is 7.92. The SMILES string of the molecule is COc1cccc(/C=C(\NC(=O)c2ccccc2)C(=O)Nc2ccc(C(=O)/C=C/c3cc(OC)c(OC)cc3OC)cc2)c1. The minimum Gasteiger partial charge on any atom is -0.497 e. The Kier molecular flexibility index (Phi) is 10.5. The normalized spacial score (nSPS) is 11.0. The molecule has 44 heavy (non-hydrogen) atoms. The number of nitrogens with one attached hydrogen (secondary N) is 2. The van der Waals surface area contributed by atoms with Crippen molar-refractivity contribution in [3.05, 3.63) is 125 Å². The van der Waals surface area contributed by atoms with E-state index in [2.05, 4.69) is 10.6 Å². The fourth-order valence-corrected chi connectivity index (χ4v) is 4.20. The van der Waals surface area contributed by atoms with E-state index in [1.54, 1.807) is 110 Å². The van der Waals surface area contributed by atoms with Crippen molar-refractivity contribution in [1.29, 1.82) is 0 Å². The number of allylic oxidation sites excluding steroid dienone is 1. The van der Waals surface area contributed by atoms with Gasteiger partial charge in [0.1, 0.15) is 17.2 Å². The van der Waals surface area contributed by atoms with Gasteiger partial charge in [0.05, 0.1) is 28.4 Å². The van der Waals surface area contributed by atoms with Crippen molar-refractivity contribution in [3.63, 3.8) is 0 Å². The van der Waals surface area contributed by atoms with E-state index in [1.165, 1.54) is 27.4 Å². The minimum absolute atomic E-state index is 0.0269. The Balaban J connectivity index is 1.51. The summed E-state index contributed by atoms with van der Waals surface area (Å²) in [5, 5.41) is 5.49. The highest BCUT2D eigenvalue weighted by Crippen LogP contribution is 2.35. The quantitative estimate of drug-likeness (QED) is 0.153. The van der Waals surface area contributed by atoms with Crippen LogP contribution in [-0.4, -0.2) is 46.0 Å². The maximum absolute atomic E-state index is 13.3. The van der Waals surface area contributed by atoms with E-state index in [-0.39, 0.29) is 11.5 Å². The molecule has 4 rings (SSSR count). The predicted molar refractivity (Wildman–Crippen MR) is 169 cm³/mol. The molecule has 4 aromatic carbocycles. The molecule has 0 aliphatic carbocycles. The number of hydrogen-bond acceptors (Lipinski definition) is 7. The van der Waals surface area contributed by atoms with E-state index >= 15 is 0 Å². The van der Waals surface area contributed by atoms with E-state index < -0.39 is 11.8 Å². The first kappa shape index (κ1) is 31.1. The molecule has 2 amide bonds. The molecule has 0 radical (unpaired) electrons. The van der Waals surface area contributed by atoms with Crippen LogP contribution in [0.4, 0.5) is 5.69 Å². The summed E-state index contributed by atoms with van der Waals surface area (Å²) < 4.78 is 21.4. The summed E-state index contributed by atoms with van der Waals surface area (Å²) in [6, 6.07) is 25.5. The number of anilines is 1. The summed E-state index contributed by atoms with van der Waals surface area (Å²) in [6.07, 6.45) is 4.61. The van der Waals surface area contributed by atoms with Gasteiger partial charge in [0.25, 0.3) is 11.8 Å². The molecule has 0 spiro atoms. The van der Waals surface area contributed by atoms with Crippen LogP contribution in [0.3, 0.4) is 0 Å². The molecule has 0 aliphatic rings. The lowest BCUT2D eigenvalue weighted by atomic mass is 10.1. The third-order valence-electron chi connectivity index (χ3n) is 6.51. The fourth-order valence-electron chi connectivity index (χ4n) is 4.20. The maximum Gasteiger partial charge on any atom is 0.272 e. The van der Waals surface area contributed by atoms with Crippen LogP contribution in [0.25, 0.3) is 12.2 Å². The van der Waals surface area contributed by atoms with Gasteiger partial charge in [-0.1, -0.05) is 30.3 Å². The number of amides is 2. The average molecular weight is 593 g/mol. The van der Waals surface area contributed by atoms with E-state index in [0.717, 1.165) is 0 Å². The van der Waals surface area contributed by atoms with Crippen LogP contribution in [0.1, 0.15) is 31.8 Å². The topological polar surface area (TPSA) is 112 Å². The Labute approximate surface area is 255 Å².